The molecule has 0 bridgehead atoms. The van der Waals surface area contributed by atoms with Gasteiger partial charge in [-0.3, -0.25) is 0 Å². The number of halogens is 6. The Morgan fingerprint density at radius 3 is 1.78 bits per heavy atom. The van der Waals surface area contributed by atoms with Gasteiger partial charge in [-0.1, -0.05) is 13.2 Å². The van der Waals surface area contributed by atoms with Crippen LogP contribution in [0.4, 0.5) is 26.3 Å². The molecule has 10 heteroatoms. The minimum Gasteiger partial charge on any atom is -0.458 e. The molecule has 0 N–H and O–H groups in total. The van der Waals surface area contributed by atoms with Crippen LogP contribution in [0, 0.1) is 0 Å². The first-order valence-electron chi connectivity index (χ1n) is 5.99. The van der Waals surface area contributed by atoms with Crippen molar-refractivity contribution in [3.8, 4) is 0 Å². The maximum atomic E-state index is 13.6. The quantitative estimate of drug-likeness (QED) is 0.403. The average Bonchev–Trinajstić information content (AvgIpc) is 2.40. The monoisotopic (exact) mass is 348 g/mol. The Labute approximate surface area is 127 Å². The van der Waals surface area contributed by atoms with Gasteiger partial charge in [-0.15, -0.1) is 0 Å². The van der Waals surface area contributed by atoms with Gasteiger partial charge in [0.1, 0.15) is 6.61 Å². The molecule has 0 rings (SSSR count). The van der Waals surface area contributed by atoms with Crippen molar-refractivity contribution in [2.24, 2.45) is 0 Å². The van der Waals surface area contributed by atoms with Crippen LogP contribution in [0.3, 0.4) is 0 Å². The highest BCUT2D eigenvalue weighted by Crippen LogP contribution is 2.38. The third-order valence-electron chi connectivity index (χ3n) is 2.37. The first-order valence-corrected chi connectivity index (χ1v) is 5.99. The number of carbonyl (C=O) groups is 2. The summed E-state index contributed by atoms with van der Waals surface area (Å²) in [6, 6.07) is 0. The molecule has 2 atom stereocenters. The normalized spacial score (nSPS) is 14.6. The van der Waals surface area contributed by atoms with Crippen LogP contribution in [0.15, 0.2) is 24.3 Å². The van der Waals surface area contributed by atoms with Crippen molar-refractivity contribution < 1.29 is 45.4 Å². The molecular formula is C13H14F6O4. The molecule has 0 aromatic rings. The van der Waals surface area contributed by atoms with Crippen LogP contribution in [0.5, 0.6) is 0 Å². The fourth-order valence-corrected chi connectivity index (χ4v) is 1.11. The van der Waals surface area contributed by atoms with E-state index in [-0.39, 0.29) is 5.57 Å². The number of carbonyl (C=O) groups excluding carboxylic acids is 2. The molecule has 0 spiro atoms. The molecule has 0 aliphatic carbocycles. The summed E-state index contributed by atoms with van der Waals surface area (Å²) in [5.74, 6) is -7.89. The molecule has 132 valence electrons. The second kappa shape index (κ2) is 7.51. The molecular weight excluding hydrogens is 334 g/mol. The summed E-state index contributed by atoms with van der Waals surface area (Å²) in [5.41, 5.74) is -0.662. The van der Waals surface area contributed by atoms with Crippen molar-refractivity contribution in [3.05, 3.63) is 24.3 Å². The largest absolute Gasteiger partial charge is 0.458 e. The number of hydrogen-bond donors (Lipinski definition) is 0. The Hall–Kier alpha value is -2.00. The van der Waals surface area contributed by atoms with Gasteiger partial charge >= 0.3 is 24.0 Å². The summed E-state index contributed by atoms with van der Waals surface area (Å²) >= 11 is 0. The Bertz CT molecular complexity index is 497. The Morgan fingerprint density at radius 2 is 1.43 bits per heavy atom. The second-order valence-corrected chi connectivity index (χ2v) is 4.63. The van der Waals surface area contributed by atoms with Gasteiger partial charge in [-0.25, -0.2) is 14.0 Å². The van der Waals surface area contributed by atoms with E-state index in [1.54, 1.807) is 0 Å². The van der Waals surface area contributed by atoms with Crippen LogP contribution < -0.4 is 0 Å². The van der Waals surface area contributed by atoms with Gasteiger partial charge in [0, 0.05) is 11.1 Å². The van der Waals surface area contributed by atoms with Crippen LogP contribution in [-0.2, 0) is 19.1 Å². The van der Waals surface area contributed by atoms with Crippen molar-refractivity contribution in [1.82, 2.24) is 0 Å². The lowest BCUT2D eigenvalue weighted by Crippen LogP contribution is -2.53. The zero-order valence-corrected chi connectivity index (χ0v) is 12.2. The molecule has 23 heavy (non-hydrogen) atoms. The molecule has 0 saturated heterocycles. The smallest absolute Gasteiger partial charge is 0.425 e. The van der Waals surface area contributed by atoms with Crippen LogP contribution in [0.1, 0.15) is 13.8 Å². The van der Waals surface area contributed by atoms with E-state index >= 15 is 0 Å². The number of esters is 2. The van der Waals surface area contributed by atoms with E-state index in [2.05, 4.69) is 22.6 Å². The Balaban J connectivity index is 5.39. The molecule has 0 aromatic heterocycles. The van der Waals surface area contributed by atoms with Crippen molar-refractivity contribution in [3.63, 3.8) is 0 Å². The van der Waals surface area contributed by atoms with E-state index in [4.69, 9.17) is 0 Å². The summed E-state index contributed by atoms with van der Waals surface area (Å²) in [5, 5.41) is 0. The second-order valence-electron chi connectivity index (χ2n) is 4.63. The highest BCUT2D eigenvalue weighted by atomic mass is 19.4. The van der Waals surface area contributed by atoms with Crippen LogP contribution in [-0.4, -0.2) is 42.9 Å². The third kappa shape index (κ3) is 5.95. The fourth-order valence-electron chi connectivity index (χ4n) is 1.11. The maximum absolute atomic E-state index is 13.6. The lowest BCUT2D eigenvalue weighted by atomic mass is 10.1. The molecule has 0 saturated carbocycles. The molecule has 4 nitrogen and oxygen atoms in total. The summed E-state index contributed by atoms with van der Waals surface area (Å²) in [6.45, 7) is 6.86. The summed E-state index contributed by atoms with van der Waals surface area (Å²) in [7, 11) is 0. The Kier molecular flexibility index (Phi) is 6.86. The van der Waals surface area contributed by atoms with Gasteiger partial charge in [-0.05, 0) is 13.8 Å². The summed E-state index contributed by atoms with van der Waals surface area (Å²) in [6.07, 6.45) is -13.5. The number of hydrogen-bond acceptors (Lipinski definition) is 4. The highest BCUT2D eigenvalue weighted by Gasteiger charge is 2.62. The standard InChI is InChI=1S/C13H14F6O4/c1-6(2)9(20)22-5-8(23-10(21)7(3)4)12(15,16)11(14)13(17,18)19/h8,11H,1,3,5H2,2,4H3. The van der Waals surface area contributed by atoms with Crippen molar-refractivity contribution in [1.29, 1.82) is 0 Å². The zero-order valence-electron chi connectivity index (χ0n) is 12.2. The molecule has 0 aliphatic heterocycles. The predicted molar refractivity (Wildman–Crippen MR) is 66.4 cm³/mol. The van der Waals surface area contributed by atoms with Crippen LogP contribution in [0.25, 0.3) is 0 Å². The van der Waals surface area contributed by atoms with E-state index in [9.17, 15) is 35.9 Å². The predicted octanol–water partition coefficient (Wildman–Crippen LogP) is 3.13. The maximum Gasteiger partial charge on any atom is 0.425 e. The number of rotatable bonds is 7. The van der Waals surface area contributed by atoms with Gasteiger partial charge in [0.05, 0.1) is 0 Å². The third-order valence-corrected chi connectivity index (χ3v) is 2.37. The minimum atomic E-state index is -5.91. The molecule has 0 fully saturated rings. The number of ether oxygens (including phenoxy) is 2. The lowest BCUT2D eigenvalue weighted by molar-refractivity contribution is -0.273. The summed E-state index contributed by atoms with van der Waals surface area (Å²) in [4.78, 5) is 22.4. The van der Waals surface area contributed by atoms with Gasteiger partial charge in [0.25, 0.3) is 6.17 Å². The summed E-state index contributed by atoms with van der Waals surface area (Å²) < 4.78 is 85.2. The van der Waals surface area contributed by atoms with E-state index in [0.717, 1.165) is 13.8 Å². The fraction of sp³-hybridized carbons (Fsp3) is 0.538. The van der Waals surface area contributed by atoms with Gasteiger partial charge in [-0.2, -0.15) is 22.0 Å². The molecule has 0 radical (unpaired) electrons. The van der Waals surface area contributed by atoms with E-state index in [1.165, 1.54) is 0 Å². The van der Waals surface area contributed by atoms with Gasteiger partial charge < -0.3 is 9.47 Å². The lowest BCUT2D eigenvalue weighted by Gasteiger charge is -2.29. The highest BCUT2D eigenvalue weighted by molar-refractivity contribution is 5.87. The first kappa shape index (κ1) is 21.0. The Morgan fingerprint density at radius 1 is 1.00 bits per heavy atom. The van der Waals surface area contributed by atoms with E-state index in [1.807, 2.05) is 0 Å². The van der Waals surface area contributed by atoms with Crippen molar-refractivity contribution >= 4 is 11.9 Å². The number of alkyl halides is 6. The minimum absolute atomic E-state index is 0.245. The topological polar surface area (TPSA) is 52.6 Å². The van der Waals surface area contributed by atoms with Crippen LogP contribution >= 0.6 is 0 Å². The zero-order chi connectivity index (χ0) is 18.6. The SMILES string of the molecule is C=C(C)C(=O)OCC(OC(=O)C(=C)C)C(F)(F)C(F)C(F)(F)F. The van der Waals surface area contributed by atoms with Crippen LogP contribution in [0.2, 0.25) is 0 Å². The van der Waals surface area contributed by atoms with Gasteiger partial charge in [0.15, 0.2) is 0 Å². The molecule has 0 heterocycles. The van der Waals surface area contributed by atoms with E-state index < -0.39 is 48.5 Å². The molecule has 0 aromatic carbocycles. The van der Waals surface area contributed by atoms with Gasteiger partial charge in [0.2, 0.25) is 6.10 Å². The first-order chi connectivity index (χ1) is 10.2. The van der Waals surface area contributed by atoms with Crippen molar-refractivity contribution in [2.45, 2.75) is 38.2 Å². The average molecular weight is 348 g/mol. The van der Waals surface area contributed by atoms with Crippen molar-refractivity contribution in [2.75, 3.05) is 6.61 Å². The molecule has 2 unspecified atom stereocenters. The van der Waals surface area contributed by atoms with E-state index in [0.29, 0.717) is 0 Å². The molecule has 0 aliphatic rings. The molecule has 0 amide bonds.